The summed E-state index contributed by atoms with van der Waals surface area (Å²) in [7, 11) is 0. The molecule has 2 nitrogen and oxygen atoms in total. The van der Waals surface area contributed by atoms with E-state index in [4.69, 9.17) is 17.3 Å². The summed E-state index contributed by atoms with van der Waals surface area (Å²) in [6.45, 7) is 1.87. The highest BCUT2D eigenvalue weighted by Crippen LogP contribution is 2.35. The summed E-state index contributed by atoms with van der Waals surface area (Å²) in [4.78, 5) is 0. The lowest BCUT2D eigenvalue weighted by Gasteiger charge is -2.08. The Bertz CT molecular complexity index is 587. The quantitative estimate of drug-likeness (QED) is 0.638. The van der Waals surface area contributed by atoms with Gasteiger partial charge in [0.2, 0.25) is 0 Å². The van der Waals surface area contributed by atoms with Crippen molar-refractivity contribution in [1.29, 1.82) is 0 Å². The normalized spacial score (nSPS) is 10.7. The van der Waals surface area contributed by atoms with Crippen molar-refractivity contribution in [2.24, 2.45) is 0 Å². The van der Waals surface area contributed by atoms with Crippen LogP contribution in [0.1, 0.15) is 5.56 Å². The smallest absolute Gasteiger partial charge is 0.172 e. The minimum Gasteiger partial charge on any atom is -0.394 e. The monoisotopic (exact) mass is 306 g/mol. The van der Waals surface area contributed by atoms with Crippen LogP contribution >= 0.6 is 34.9 Å². The van der Waals surface area contributed by atoms with Gasteiger partial charge in [0.05, 0.1) is 14.9 Å². The number of thiophene rings is 1. The van der Waals surface area contributed by atoms with Crippen LogP contribution in [-0.4, -0.2) is 0 Å². The van der Waals surface area contributed by atoms with Crippen LogP contribution in [0.3, 0.4) is 0 Å². The first-order valence-corrected chi connectivity index (χ1v) is 6.98. The maximum absolute atomic E-state index is 13.6. The van der Waals surface area contributed by atoms with Gasteiger partial charge in [0.25, 0.3) is 0 Å². The van der Waals surface area contributed by atoms with Crippen LogP contribution in [0.15, 0.2) is 21.7 Å². The average Bonchev–Trinajstić information content (AvgIpc) is 2.67. The van der Waals surface area contributed by atoms with E-state index in [0.29, 0.717) is 5.02 Å². The van der Waals surface area contributed by atoms with E-state index < -0.39 is 17.3 Å². The average molecular weight is 307 g/mol. The van der Waals surface area contributed by atoms with Crippen LogP contribution in [-0.2, 0) is 0 Å². The molecule has 18 heavy (non-hydrogen) atoms. The van der Waals surface area contributed by atoms with Gasteiger partial charge in [-0.1, -0.05) is 11.6 Å². The highest BCUT2D eigenvalue weighted by molar-refractivity contribution is 8.02. The molecule has 3 N–H and O–H groups in total. The first-order valence-electron chi connectivity index (χ1n) is 4.90. The van der Waals surface area contributed by atoms with E-state index >= 15 is 0 Å². The zero-order chi connectivity index (χ0) is 13.3. The van der Waals surface area contributed by atoms with Gasteiger partial charge in [-0.05, 0) is 36.6 Å². The lowest BCUT2D eigenvalue weighted by Crippen LogP contribution is -1.99. The number of hydrogen-bond donors (Lipinski definition) is 2. The van der Waals surface area contributed by atoms with Crippen LogP contribution in [0.4, 0.5) is 20.2 Å². The van der Waals surface area contributed by atoms with Crippen LogP contribution in [0.2, 0.25) is 5.02 Å². The van der Waals surface area contributed by atoms with E-state index in [1.165, 1.54) is 29.4 Å². The molecule has 0 radical (unpaired) electrons. The molecule has 7 heteroatoms. The fourth-order valence-electron chi connectivity index (χ4n) is 1.23. The van der Waals surface area contributed by atoms with E-state index in [1.807, 2.05) is 6.92 Å². The Morgan fingerprint density at radius 1 is 1.39 bits per heavy atom. The molecule has 0 bridgehead atoms. The number of rotatable bonds is 3. The van der Waals surface area contributed by atoms with Gasteiger partial charge in [0.1, 0.15) is 11.5 Å². The zero-order valence-corrected chi connectivity index (χ0v) is 11.6. The fraction of sp³-hybridized carbons (Fsp3) is 0.0909. The molecule has 1 aromatic heterocycles. The Morgan fingerprint density at radius 3 is 2.72 bits per heavy atom. The van der Waals surface area contributed by atoms with E-state index in [2.05, 4.69) is 4.72 Å². The molecular formula is C11H9ClF2N2S2. The molecule has 0 saturated carbocycles. The fourth-order valence-corrected chi connectivity index (χ4v) is 3.33. The van der Waals surface area contributed by atoms with Crippen molar-refractivity contribution in [2.75, 3.05) is 10.5 Å². The number of nitrogens with two attached hydrogens (primary N) is 1. The van der Waals surface area contributed by atoms with Crippen molar-refractivity contribution in [3.05, 3.63) is 39.7 Å². The molecule has 1 heterocycles. The van der Waals surface area contributed by atoms with Crippen LogP contribution in [0.5, 0.6) is 0 Å². The Labute approximate surface area is 116 Å². The van der Waals surface area contributed by atoms with Crippen molar-refractivity contribution < 1.29 is 8.78 Å². The second-order valence-electron chi connectivity index (χ2n) is 3.52. The SMILES string of the molecule is Cc1c(Cl)csc1SNc1ccc(F)c(N)c1F. The van der Waals surface area contributed by atoms with Crippen molar-refractivity contribution in [2.45, 2.75) is 11.1 Å². The number of anilines is 2. The van der Waals surface area contributed by atoms with Crippen LogP contribution in [0.25, 0.3) is 0 Å². The number of halogens is 3. The maximum Gasteiger partial charge on any atom is 0.172 e. The van der Waals surface area contributed by atoms with Gasteiger partial charge in [0.15, 0.2) is 5.82 Å². The molecule has 2 aromatic rings. The Hall–Kier alpha value is -0.980. The molecule has 0 aliphatic heterocycles. The van der Waals surface area contributed by atoms with Crippen molar-refractivity contribution in [3.63, 3.8) is 0 Å². The van der Waals surface area contributed by atoms with Gasteiger partial charge in [-0.3, -0.25) is 0 Å². The highest BCUT2D eigenvalue weighted by Gasteiger charge is 2.12. The summed E-state index contributed by atoms with van der Waals surface area (Å²) >= 11 is 8.58. The second-order valence-corrected chi connectivity index (χ2v) is 5.88. The summed E-state index contributed by atoms with van der Waals surface area (Å²) in [5, 5.41) is 2.47. The Kier molecular flexibility index (Phi) is 3.99. The zero-order valence-electron chi connectivity index (χ0n) is 9.26. The molecule has 0 amide bonds. The molecule has 0 atom stereocenters. The molecule has 0 saturated heterocycles. The molecular weight excluding hydrogens is 298 g/mol. The lowest BCUT2D eigenvalue weighted by atomic mass is 10.2. The van der Waals surface area contributed by atoms with Crippen molar-refractivity contribution in [3.8, 4) is 0 Å². The second kappa shape index (κ2) is 5.34. The van der Waals surface area contributed by atoms with E-state index in [9.17, 15) is 8.78 Å². The minimum absolute atomic E-state index is 0.142. The van der Waals surface area contributed by atoms with Crippen molar-refractivity contribution in [1.82, 2.24) is 0 Å². The minimum atomic E-state index is -0.789. The first kappa shape index (κ1) is 13.5. The molecule has 0 aliphatic carbocycles. The van der Waals surface area contributed by atoms with Gasteiger partial charge in [-0.15, -0.1) is 11.3 Å². The van der Waals surface area contributed by atoms with E-state index in [1.54, 1.807) is 5.38 Å². The first-order chi connectivity index (χ1) is 8.50. The molecule has 0 spiro atoms. The summed E-state index contributed by atoms with van der Waals surface area (Å²) in [6.07, 6.45) is 0. The molecule has 2 rings (SSSR count). The predicted molar refractivity (Wildman–Crippen MR) is 74.3 cm³/mol. The van der Waals surface area contributed by atoms with Gasteiger partial charge >= 0.3 is 0 Å². The number of nitrogen functional groups attached to an aromatic ring is 1. The maximum atomic E-state index is 13.6. The molecule has 96 valence electrons. The van der Waals surface area contributed by atoms with E-state index in [0.717, 1.165) is 15.8 Å². The van der Waals surface area contributed by atoms with E-state index in [-0.39, 0.29) is 5.69 Å². The van der Waals surface area contributed by atoms with Crippen LogP contribution in [0, 0.1) is 18.6 Å². The Balaban J connectivity index is 2.16. The lowest BCUT2D eigenvalue weighted by molar-refractivity contribution is 0.595. The number of benzene rings is 1. The number of hydrogen-bond acceptors (Lipinski definition) is 4. The highest BCUT2D eigenvalue weighted by atomic mass is 35.5. The topological polar surface area (TPSA) is 38.0 Å². The summed E-state index contributed by atoms with van der Waals surface area (Å²) in [6, 6.07) is 2.42. The summed E-state index contributed by atoms with van der Waals surface area (Å²) in [5.74, 6) is -1.55. The van der Waals surface area contributed by atoms with Crippen molar-refractivity contribution >= 4 is 46.3 Å². The van der Waals surface area contributed by atoms with Crippen LogP contribution < -0.4 is 10.5 Å². The summed E-state index contributed by atoms with van der Waals surface area (Å²) < 4.78 is 30.3. The molecule has 0 unspecified atom stereocenters. The summed E-state index contributed by atoms with van der Waals surface area (Å²) in [5.41, 5.74) is 5.85. The third kappa shape index (κ3) is 2.55. The standard InChI is InChI=1S/C11H9ClF2N2S2/c1-5-6(12)4-17-11(5)18-16-8-3-2-7(13)10(15)9(8)14/h2-4,16H,15H2,1H3. The molecule has 0 aliphatic rings. The third-order valence-electron chi connectivity index (χ3n) is 2.31. The largest absolute Gasteiger partial charge is 0.394 e. The van der Waals surface area contributed by atoms with Gasteiger partial charge < -0.3 is 10.5 Å². The van der Waals surface area contributed by atoms with Gasteiger partial charge in [-0.25, -0.2) is 8.78 Å². The predicted octanol–water partition coefficient (Wildman–Crippen LogP) is 4.69. The third-order valence-corrected chi connectivity index (χ3v) is 5.06. The Morgan fingerprint density at radius 2 is 2.11 bits per heavy atom. The van der Waals surface area contributed by atoms with Gasteiger partial charge in [-0.2, -0.15) is 0 Å². The number of nitrogens with one attached hydrogen (secondary N) is 1. The molecule has 1 aromatic carbocycles. The molecule has 0 fully saturated rings. The van der Waals surface area contributed by atoms with Gasteiger partial charge in [0, 0.05) is 5.38 Å².